The molecule has 1 atom stereocenters. The van der Waals surface area contributed by atoms with Gasteiger partial charge in [0.25, 0.3) is 0 Å². The lowest BCUT2D eigenvalue weighted by Gasteiger charge is -2.33. The minimum atomic E-state index is -0.892. The van der Waals surface area contributed by atoms with Gasteiger partial charge >= 0.3 is 0 Å². The third kappa shape index (κ3) is 2.69. The van der Waals surface area contributed by atoms with Crippen LogP contribution in [0.1, 0.15) is 11.1 Å². The van der Waals surface area contributed by atoms with Crippen molar-refractivity contribution in [2.45, 2.75) is 5.66 Å². The summed E-state index contributed by atoms with van der Waals surface area (Å²) in [6, 6.07) is 38.1. The van der Waals surface area contributed by atoms with Crippen LogP contribution in [-0.2, 0) is 5.66 Å². The molecule has 0 amide bonds. The Bertz CT molecular complexity index is 1950. The third-order valence-electron chi connectivity index (χ3n) is 7.52. The molecule has 0 aliphatic rings. The van der Waals surface area contributed by atoms with Crippen molar-refractivity contribution in [3.63, 3.8) is 0 Å². The molecule has 1 heterocycles. The second kappa shape index (κ2) is 7.77. The second-order valence-electron chi connectivity index (χ2n) is 9.22. The summed E-state index contributed by atoms with van der Waals surface area (Å²) in [6.07, 6.45) is 0. The molecule has 3 heteroatoms. The number of fused-ring (bicyclic) bond motifs is 9. The molecule has 1 N–H and O–H groups in total. The van der Waals surface area contributed by atoms with Gasteiger partial charge in [-0.1, -0.05) is 97.1 Å². The van der Waals surface area contributed by atoms with Crippen molar-refractivity contribution >= 4 is 61.0 Å². The van der Waals surface area contributed by atoms with Gasteiger partial charge in [-0.3, -0.25) is 10.3 Å². The van der Waals surface area contributed by atoms with E-state index < -0.39 is 5.66 Å². The Morgan fingerprint density at radius 3 is 1.83 bits per heavy atom. The first-order valence-electron chi connectivity index (χ1n) is 12.2. The summed E-state index contributed by atoms with van der Waals surface area (Å²) in [4.78, 5) is 4.85. The molecular formula is C33H24N2O. The molecule has 1 aromatic heterocycles. The molecule has 0 aliphatic heterocycles. The maximum Gasteiger partial charge on any atom is 0.162 e. The lowest BCUT2D eigenvalue weighted by atomic mass is 9.81. The Balaban J connectivity index is 1.86. The molecule has 0 bridgehead atoms. The Morgan fingerprint density at radius 1 is 0.611 bits per heavy atom. The molecule has 36 heavy (non-hydrogen) atoms. The minimum absolute atomic E-state index is 0.846. The summed E-state index contributed by atoms with van der Waals surface area (Å²) in [5.74, 6) is 0. The third-order valence-corrected chi connectivity index (χ3v) is 7.52. The molecule has 0 radical (unpaired) electrons. The molecule has 0 aliphatic carbocycles. The van der Waals surface area contributed by atoms with E-state index in [9.17, 15) is 0 Å². The van der Waals surface area contributed by atoms with Gasteiger partial charge < -0.3 is 4.42 Å². The molecule has 0 fully saturated rings. The number of furan rings is 1. The summed E-state index contributed by atoms with van der Waals surface area (Å²) in [6.45, 7) is 4.13. The smallest absolute Gasteiger partial charge is 0.162 e. The van der Waals surface area contributed by atoms with Gasteiger partial charge in [-0.25, -0.2) is 0 Å². The molecule has 172 valence electrons. The lowest BCUT2D eigenvalue weighted by Crippen LogP contribution is -2.39. The highest BCUT2D eigenvalue weighted by molar-refractivity contribution is 6.30. The van der Waals surface area contributed by atoms with Gasteiger partial charge in [0.05, 0.1) is 0 Å². The monoisotopic (exact) mass is 464 g/mol. The number of nitrogens with zero attached hydrogens (tertiary/aromatic N) is 1. The molecule has 7 rings (SSSR count). The van der Waals surface area contributed by atoms with Crippen molar-refractivity contribution in [3.8, 4) is 0 Å². The SMILES string of the molecule is C=NC(NC)(c1ccccc1)c1c2c(cc3c4ccccc4c4ccccc4c13)oc1ccccc12. The average Bonchev–Trinajstić information content (AvgIpc) is 3.32. The van der Waals surface area contributed by atoms with Crippen LogP contribution in [0.5, 0.6) is 0 Å². The Kier molecular flexibility index (Phi) is 4.50. The van der Waals surface area contributed by atoms with Crippen LogP contribution >= 0.6 is 0 Å². The summed E-state index contributed by atoms with van der Waals surface area (Å²) in [5, 5.41) is 12.8. The molecule has 0 saturated heterocycles. The van der Waals surface area contributed by atoms with E-state index in [0.717, 1.165) is 43.8 Å². The Morgan fingerprint density at radius 2 is 1.17 bits per heavy atom. The van der Waals surface area contributed by atoms with Crippen molar-refractivity contribution in [2.75, 3.05) is 7.05 Å². The standard InChI is InChI=1S/C33H24N2O/c1-34-33(35-2,21-12-4-3-5-13-21)32-30-25-17-9-8-15-23(25)22-14-6-7-16-24(22)27(30)20-29-31(32)26-18-10-11-19-28(26)36-29/h3-20,35H,1H2,2H3. The van der Waals surface area contributed by atoms with Gasteiger partial charge in [-0.05, 0) is 63.8 Å². The fourth-order valence-electron chi connectivity index (χ4n) is 5.97. The number of benzene rings is 6. The van der Waals surface area contributed by atoms with Crippen LogP contribution in [0.25, 0.3) is 54.3 Å². The van der Waals surface area contributed by atoms with Crippen LogP contribution in [0.3, 0.4) is 0 Å². The highest BCUT2D eigenvalue weighted by Gasteiger charge is 2.37. The zero-order chi connectivity index (χ0) is 24.3. The summed E-state index contributed by atoms with van der Waals surface area (Å²) < 4.78 is 6.49. The summed E-state index contributed by atoms with van der Waals surface area (Å²) in [7, 11) is 1.96. The van der Waals surface area contributed by atoms with Gasteiger partial charge in [0.2, 0.25) is 0 Å². The average molecular weight is 465 g/mol. The second-order valence-corrected chi connectivity index (χ2v) is 9.22. The highest BCUT2D eigenvalue weighted by atomic mass is 16.3. The zero-order valence-corrected chi connectivity index (χ0v) is 20.0. The predicted molar refractivity (Wildman–Crippen MR) is 152 cm³/mol. The molecule has 1 unspecified atom stereocenters. The van der Waals surface area contributed by atoms with E-state index in [1.54, 1.807) is 0 Å². The maximum absolute atomic E-state index is 6.49. The molecule has 6 aromatic carbocycles. The van der Waals surface area contributed by atoms with Crippen LogP contribution in [0.4, 0.5) is 0 Å². The normalized spacial score (nSPS) is 13.6. The first kappa shape index (κ1) is 20.9. The van der Waals surface area contributed by atoms with E-state index >= 15 is 0 Å². The first-order valence-corrected chi connectivity index (χ1v) is 12.2. The van der Waals surface area contributed by atoms with E-state index in [2.05, 4.69) is 103 Å². The van der Waals surface area contributed by atoms with Crippen molar-refractivity contribution in [2.24, 2.45) is 4.99 Å². The van der Waals surface area contributed by atoms with Crippen molar-refractivity contribution in [3.05, 3.63) is 120 Å². The van der Waals surface area contributed by atoms with E-state index in [-0.39, 0.29) is 0 Å². The van der Waals surface area contributed by atoms with Crippen LogP contribution in [0, 0.1) is 0 Å². The maximum atomic E-state index is 6.49. The van der Waals surface area contributed by atoms with Crippen molar-refractivity contribution in [1.29, 1.82) is 0 Å². The quantitative estimate of drug-likeness (QED) is 0.211. The number of para-hydroxylation sites is 1. The highest BCUT2D eigenvalue weighted by Crippen LogP contribution is 2.48. The van der Waals surface area contributed by atoms with E-state index in [4.69, 9.17) is 9.41 Å². The number of aliphatic imine (C=N–C) groups is 1. The number of hydrogen-bond acceptors (Lipinski definition) is 3. The molecule has 7 aromatic rings. The van der Waals surface area contributed by atoms with Crippen molar-refractivity contribution < 1.29 is 4.42 Å². The van der Waals surface area contributed by atoms with E-state index in [1.165, 1.54) is 21.5 Å². The molecule has 0 spiro atoms. The Hall–Kier alpha value is -4.47. The fourth-order valence-corrected chi connectivity index (χ4v) is 5.97. The van der Waals surface area contributed by atoms with Crippen molar-refractivity contribution in [1.82, 2.24) is 5.32 Å². The van der Waals surface area contributed by atoms with Gasteiger partial charge in [-0.15, -0.1) is 0 Å². The fraction of sp³-hybridized carbons (Fsp3) is 0.0606. The van der Waals surface area contributed by atoms with Crippen LogP contribution in [0.2, 0.25) is 0 Å². The van der Waals surface area contributed by atoms with Gasteiger partial charge in [-0.2, -0.15) is 0 Å². The molecular weight excluding hydrogens is 440 g/mol. The number of hydrogen-bond donors (Lipinski definition) is 1. The predicted octanol–water partition coefficient (Wildman–Crippen LogP) is 8.17. The number of nitrogens with one attached hydrogen (secondary N) is 1. The summed E-state index contributed by atoms with van der Waals surface area (Å²) in [5.41, 5.74) is 2.90. The Labute approximate surface area is 208 Å². The zero-order valence-electron chi connectivity index (χ0n) is 20.0. The van der Waals surface area contributed by atoms with Crippen LogP contribution < -0.4 is 5.32 Å². The van der Waals surface area contributed by atoms with Gasteiger partial charge in [0.1, 0.15) is 11.2 Å². The minimum Gasteiger partial charge on any atom is -0.456 e. The summed E-state index contributed by atoms with van der Waals surface area (Å²) >= 11 is 0. The number of rotatable bonds is 4. The van der Waals surface area contributed by atoms with Crippen LogP contribution in [0.15, 0.2) is 119 Å². The van der Waals surface area contributed by atoms with E-state index in [1.807, 2.05) is 25.2 Å². The van der Waals surface area contributed by atoms with Gasteiger partial charge in [0.15, 0.2) is 5.66 Å². The first-order chi connectivity index (χ1) is 17.8. The van der Waals surface area contributed by atoms with Gasteiger partial charge in [0, 0.05) is 16.3 Å². The van der Waals surface area contributed by atoms with Crippen LogP contribution in [-0.4, -0.2) is 13.8 Å². The molecule has 3 nitrogen and oxygen atoms in total. The lowest BCUT2D eigenvalue weighted by molar-refractivity contribution is 0.472. The topological polar surface area (TPSA) is 37.5 Å². The van der Waals surface area contributed by atoms with E-state index in [0.29, 0.717) is 0 Å². The molecule has 0 saturated carbocycles. The largest absolute Gasteiger partial charge is 0.456 e.